The van der Waals surface area contributed by atoms with E-state index in [1.165, 1.54) is 23.9 Å². The first-order chi connectivity index (χ1) is 12.8. The molecule has 3 aromatic rings. The van der Waals surface area contributed by atoms with Crippen LogP contribution in [0.3, 0.4) is 0 Å². The first-order valence-electron chi connectivity index (χ1n) is 8.07. The van der Waals surface area contributed by atoms with Crippen molar-refractivity contribution in [3.05, 3.63) is 48.0 Å². The molecule has 0 spiro atoms. The van der Waals surface area contributed by atoms with Gasteiger partial charge in [0.2, 0.25) is 5.91 Å². The van der Waals surface area contributed by atoms with Gasteiger partial charge in [-0.1, -0.05) is 11.8 Å². The predicted molar refractivity (Wildman–Crippen MR) is 98.1 cm³/mol. The van der Waals surface area contributed by atoms with E-state index < -0.39 is 11.7 Å². The normalized spacial score (nSPS) is 11.6. The number of H-pyrrole nitrogens is 1. The fraction of sp³-hybridized carbons (Fsp3) is 0.222. The van der Waals surface area contributed by atoms with Gasteiger partial charge in [-0.2, -0.15) is 13.2 Å². The van der Waals surface area contributed by atoms with Crippen LogP contribution >= 0.6 is 11.8 Å². The van der Waals surface area contributed by atoms with Crippen LogP contribution in [0.15, 0.2) is 47.6 Å². The number of amides is 1. The van der Waals surface area contributed by atoms with Crippen molar-refractivity contribution in [3.8, 4) is 5.75 Å². The van der Waals surface area contributed by atoms with Crippen molar-refractivity contribution in [1.82, 2.24) is 9.97 Å². The average Bonchev–Trinajstić information content (AvgIpc) is 3.02. The number of thioether (sulfide) groups is 1. The highest BCUT2D eigenvalue weighted by Crippen LogP contribution is 2.30. The molecule has 0 atom stereocenters. The van der Waals surface area contributed by atoms with E-state index in [2.05, 4.69) is 15.3 Å². The number of aromatic nitrogens is 2. The Bertz CT molecular complexity index is 939. The van der Waals surface area contributed by atoms with Gasteiger partial charge in [0.25, 0.3) is 0 Å². The van der Waals surface area contributed by atoms with Crippen LogP contribution < -0.4 is 10.1 Å². The Hall–Kier alpha value is -2.68. The van der Waals surface area contributed by atoms with Gasteiger partial charge in [0, 0.05) is 11.8 Å². The number of halogens is 3. The first-order valence-corrected chi connectivity index (χ1v) is 9.06. The molecule has 3 rings (SSSR count). The summed E-state index contributed by atoms with van der Waals surface area (Å²) >= 11 is 1.20. The number of fused-ring (bicyclic) bond motifs is 1. The van der Waals surface area contributed by atoms with E-state index >= 15 is 0 Å². The smallest absolute Gasteiger partial charge is 0.416 e. The Morgan fingerprint density at radius 2 is 1.96 bits per heavy atom. The van der Waals surface area contributed by atoms with Crippen LogP contribution in [0.4, 0.5) is 18.9 Å². The van der Waals surface area contributed by atoms with Crippen molar-refractivity contribution in [3.63, 3.8) is 0 Å². The monoisotopic (exact) mass is 395 g/mol. The highest BCUT2D eigenvalue weighted by Gasteiger charge is 2.29. The van der Waals surface area contributed by atoms with Gasteiger partial charge in [-0.15, -0.1) is 0 Å². The number of hydrogen-bond acceptors (Lipinski definition) is 4. The summed E-state index contributed by atoms with van der Waals surface area (Å²) in [5, 5.41) is 3.13. The van der Waals surface area contributed by atoms with Crippen molar-refractivity contribution in [1.29, 1.82) is 0 Å². The number of benzene rings is 2. The average molecular weight is 395 g/mol. The van der Waals surface area contributed by atoms with Gasteiger partial charge in [-0.05, 0) is 43.3 Å². The number of carbonyl (C=O) groups is 1. The Kier molecular flexibility index (Phi) is 5.59. The third-order valence-corrected chi connectivity index (χ3v) is 4.45. The lowest BCUT2D eigenvalue weighted by Gasteiger charge is -2.08. The van der Waals surface area contributed by atoms with Crippen LogP contribution in [-0.4, -0.2) is 28.2 Å². The van der Waals surface area contributed by atoms with E-state index in [1.807, 2.05) is 25.1 Å². The lowest BCUT2D eigenvalue weighted by atomic mass is 10.2. The van der Waals surface area contributed by atoms with Crippen LogP contribution in [-0.2, 0) is 11.0 Å². The summed E-state index contributed by atoms with van der Waals surface area (Å²) in [4.78, 5) is 19.5. The van der Waals surface area contributed by atoms with Gasteiger partial charge >= 0.3 is 6.18 Å². The van der Waals surface area contributed by atoms with E-state index in [1.54, 1.807) is 0 Å². The van der Waals surface area contributed by atoms with Crippen LogP contribution in [0.5, 0.6) is 5.75 Å². The number of carbonyl (C=O) groups excluding carboxylic acids is 1. The summed E-state index contributed by atoms with van der Waals surface area (Å²) in [6, 6.07) is 9.78. The topological polar surface area (TPSA) is 67.0 Å². The summed E-state index contributed by atoms with van der Waals surface area (Å²) in [6.45, 7) is 2.46. The second-order valence-corrected chi connectivity index (χ2v) is 6.53. The summed E-state index contributed by atoms with van der Waals surface area (Å²) in [7, 11) is 0. The molecule has 0 aliphatic heterocycles. The number of rotatable bonds is 6. The minimum atomic E-state index is -4.40. The van der Waals surface area contributed by atoms with Crippen LogP contribution in [0.25, 0.3) is 11.0 Å². The summed E-state index contributed by atoms with van der Waals surface area (Å²) in [6.07, 6.45) is -4.40. The Labute approximate surface area is 157 Å². The highest BCUT2D eigenvalue weighted by atomic mass is 32.2. The van der Waals surface area contributed by atoms with E-state index in [0.29, 0.717) is 17.5 Å². The van der Waals surface area contributed by atoms with Crippen molar-refractivity contribution in [2.45, 2.75) is 18.3 Å². The molecule has 9 heteroatoms. The van der Waals surface area contributed by atoms with E-state index in [9.17, 15) is 18.0 Å². The number of nitrogens with one attached hydrogen (secondary N) is 2. The number of imidazole rings is 1. The Morgan fingerprint density at radius 3 is 2.63 bits per heavy atom. The predicted octanol–water partition coefficient (Wildman–Crippen LogP) is 4.71. The third-order valence-electron chi connectivity index (χ3n) is 3.58. The Balaban J connectivity index is 1.58. The minimum Gasteiger partial charge on any atom is -0.494 e. The van der Waals surface area contributed by atoms with Gasteiger partial charge in [0.1, 0.15) is 5.75 Å². The molecule has 1 amide bonds. The number of alkyl halides is 3. The summed E-state index contributed by atoms with van der Waals surface area (Å²) in [5.74, 6) is 0.458. The zero-order valence-electron chi connectivity index (χ0n) is 14.3. The molecule has 27 heavy (non-hydrogen) atoms. The lowest BCUT2D eigenvalue weighted by molar-refractivity contribution is -0.137. The SMILES string of the molecule is CCOc1ccc2nc(SCC(=O)Nc3ccc(C(F)(F)F)cc3)[nH]c2c1. The van der Waals surface area contributed by atoms with Gasteiger partial charge < -0.3 is 15.0 Å². The maximum absolute atomic E-state index is 12.5. The molecule has 1 aromatic heterocycles. The molecular formula is C18H16F3N3O2S. The molecule has 0 aliphatic rings. The number of hydrogen-bond donors (Lipinski definition) is 2. The second kappa shape index (κ2) is 7.91. The molecule has 0 bridgehead atoms. The van der Waals surface area contributed by atoms with Crippen LogP contribution in [0, 0.1) is 0 Å². The van der Waals surface area contributed by atoms with Crippen LogP contribution in [0.2, 0.25) is 0 Å². The fourth-order valence-electron chi connectivity index (χ4n) is 2.36. The van der Waals surface area contributed by atoms with E-state index in [0.717, 1.165) is 28.9 Å². The van der Waals surface area contributed by atoms with Crippen LogP contribution in [0.1, 0.15) is 12.5 Å². The number of ether oxygens (including phenoxy) is 1. The second-order valence-electron chi connectivity index (χ2n) is 5.57. The summed E-state index contributed by atoms with van der Waals surface area (Å²) < 4.78 is 43.0. The zero-order chi connectivity index (χ0) is 19.4. The minimum absolute atomic E-state index is 0.0686. The number of nitrogens with zero attached hydrogens (tertiary/aromatic N) is 1. The molecule has 0 radical (unpaired) electrons. The molecule has 0 fully saturated rings. The fourth-order valence-corrected chi connectivity index (χ4v) is 3.05. The molecule has 2 aromatic carbocycles. The van der Waals surface area contributed by atoms with Gasteiger partial charge in [-0.3, -0.25) is 4.79 Å². The summed E-state index contributed by atoms with van der Waals surface area (Å²) in [5.41, 5.74) is 1.10. The molecule has 0 aliphatic carbocycles. The van der Waals surface area contributed by atoms with Gasteiger partial charge in [0.05, 0.1) is 29.0 Å². The maximum Gasteiger partial charge on any atom is 0.416 e. The number of anilines is 1. The number of aromatic amines is 1. The van der Waals surface area contributed by atoms with E-state index in [4.69, 9.17) is 4.74 Å². The Morgan fingerprint density at radius 1 is 1.22 bits per heavy atom. The molecule has 0 saturated heterocycles. The molecule has 0 saturated carbocycles. The van der Waals surface area contributed by atoms with Crippen molar-refractivity contribution in [2.75, 3.05) is 17.7 Å². The quantitative estimate of drug-likeness (QED) is 0.593. The highest BCUT2D eigenvalue weighted by molar-refractivity contribution is 7.99. The zero-order valence-corrected chi connectivity index (χ0v) is 15.1. The molecule has 142 valence electrons. The standard InChI is InChI=1S/C18H16F3N3O2S/c1-2-26-13-7-8-14-15(9-13)24-17(23-14)27-10-16(25)22-12-5-3-11(4-6-12)18(19,20)21/h3-9H,2,10H2,1H3,(H,22,25)(H,23,24). The van der Waals surface area contributed by atoms with Gasteiger partial charge in [-0.25, -0.2) is 4.98 Å². The molecular weight excluding hydrogens is 379 g/mol. The van der Waals surface area contributed by atoms with Gasteiger partial charge in [0.15, 0.2) is 5.16 Å². The van der Waals surface area contributed by atoms with E-state index in [-0.39, 0.29) is 11.7 Å². The van der Waals surface area contributed by atoms with Crippen molar-refractivity contribution >= 4 is 34.4 Å². The van der Waals surface area contributed by atoms with Crippen molar-refractivity contribution in [2.24, 2.45) is 0 Å². The largest absolute Gasteiger partial charge is 0.494 e. The van der Waals surface area contributed by atoms with Crippen molar-refractivity contribution < 1.29 is 22.7 Å². The lowest BCUT2D eigenvalue weighted by Crippen LogP contribution is -2.14. The molecule has 5 nitrogen and oxygen atoms in total. The molecule has 1 heterocycles. The molecule has 2 N–H and O–H groups in total. The first kappa shape index (κ1) is 19.1. The molecule has 0 unspecified atom stereocenters. The third kappa shape index (κ3) is 4.94. The maximum atomic E-state index is 12.5.